The number of carboxylic acids is 1. The second-order valence-electron chi connectivity index (χ2n) is 4.90. The van der Waals surface area contributed by atoms with Crippen LogP contribution in [0, 0.1) is 12.8 Å². The highest BCUT2D eigenvalue weighted by Crippen LogP contribution is 2.46. The third-order valence-corrected chi connectivity index (χ3v) is 3.53. The summed E-state index contributed by atoms with van der Waals surface area (Å²) in [5.74, 6) is -0.448. The Kier molecular flexibility index (Phi) is 2.78. The van der Waals surface area contributed by atoms with Crippen molar-refractivity contribution in [1.82, 2.24) is 9.97 Å². The van der Waals surface area contributed by atoms with Crippen LogP contribution < -0.4 is 0 Å². The molecule has 0 aliphatic heterocycles. The van der Waals surface area contributed by atoms with E-state index < -0.39 is 5.97 Å². The number of carbonyl (C=O) groups is 1. The summed E-state index contributed by atoms with van der Waals surface area (Å²) >= 11 is 0. The van der Waals surface area contributed by atoms with Crippen LogP contribution in [0.15, 0.2) is 36.5 Å². The van der Waals surface area contributed by atoms with Crippen molar-refractivity contribution in [1.29, 1.82) is 0 Å². The van der Waals surface area contributed by atoms with Gasteiger partial charge in [0.2, 0.25) is 0 Å². The molecule has 2 aromatic rings. The van der Waals surface area contributed by atoms with Gasteiger partial charge in [-0.25, -0.2) is 9.97 Å². The normalized spacial score (nSPS) is 21.1. The number of nitrogens with zero attached hydrogens (tertiary/aromatic N) is 2. The first-order chi connectivity index (χ1) is 9.16. The largest absolute Gasteiger partial charge is 0.481 e. The maximum atomic E-state index is 10.9. The van der Waals surface area contributed by atoms with Crippen molar-refractivity contribution in [2.75, 3.05) is 0 Å². The average molecular weight is 254 g/mol. The van der Waals surface area contributed by atoms with Gasteiger partial charge in [-0.3, -0.25) is 4.79 Å². The van der Waals surface area contributed by atoms with Crippen molar-refractivity contribution in [2.45, 2.75) is 19.3 Å². The molecule has 0 spiro atoms. The third kappa shape index (κ3) is 2.21. The molecule has 1 fully saturated rings. The average Bonchev–Trinajstić information content (AvgIpc) is 3.20. The number of hydrogen-bond donors (Lipinski definition) is 1. The van der Waals surface area contributed by atoms with Gasteiger partial charge in [-0.1, -0.05) is 24.3 Å². The van der Waals surface area contributed by atoms with Crippen molar-refractivity contribution < 1.29 is 9.90 Å². The number of carboxylic acid groups (broad SMARTS) is 1. The third-order valence-electron chi connectivity index (χ3n) is 3.53. The van der Waals surface area contributed by atoms with Gasteiger partial charge < -0.3 is 5.11 Å². The standard InChI is InChI=1S/C15H14N2O2/c1-9-4-2-3-5-10(9)13-6-7-16-14(17-13)11-8-12(11)15(18)19/h2-7,11-12H,8H2,1H3,(H,18,19). The van der Waals surface area contributed by atoms with E-state index in [0.29, 0.717) is 12.2 Å². The van der Waals surface area contributed by atoms with Crippen LogP contribution in [0.2, 0.25) is 0 Å². The number of rotatable bonds is 3. The molecular weight excluding hydrogens is 240 g/mol. The lowest BCUT2D eigenvalue weighted by Gasteiger charge is -2.06. The Morgan fingerprint density at radius 3 is 2.79 bits per heavy atom. The van der Waals surface area contributed by atoms with E-state index in [1.165, 1.54) is 0 Å². The Labute approximate surface area is 111 Å². The molecule has 1 aliphatic rings. The van der Waals surface area contributed by atoms with Gasteiger partial charge in [0, 0.05) is 17.7 Å². The smallest absolute Gasteiger partial charge is 0.307 e. The molecular formula is C15H14N2O2. The lowest BCUT2D eigenvalue weighted by atomic mass is 10.1. The summed E-state index contributed by atoms with van der Waals surface area (Å²) in [5.41, 5.74) is 3.08. The first-order valence-corrected chi connectivity index (χ1v) is 6.28. The van der Waals surface area contributed by atoms with Crippen LogP contribution in [0.25, 0.3) is 11.3 Å². The molecule has 1 aliphatic carbocycles. The second-order valence-corrected chi connectivity index (χ2v) is 4.90. The van der Waals surface area contributed by atoms with Crippen molar-refractivity contribution >= 4 is 5.97 Å². The minimum atomic E-state index is -0.755. The number of aliphatic carboxylic acids is 1. The van der Waals surface area contributed by atoms with E-state index in [9.17, 15) is 4.79 Å². The summed E-state index contributed by atoms with van der Waals surface area (Å²) in [5, 5.41) is 8.96. The molecule has 3 rings (SSSR count). The molecule has 0 amide bonds. The van der Waals surface area contributed by atoms with E-state index in [1.807, 2.05) is 37.3 Å². The summed E-state index contributed by atoms with van der Waals surface area (Å²) in [6, 6.07) is 9.88. The van der Waals surface area contributed by atoms with E-state index in [4.69, 9.17) is 5.11 Å². The molecule has 0 bridgehead atoms. The molecule has 96 valence electrons. The van der Waals surface area contributed by atoms with Gasteiger partial charge in [0.1, 0.15) is 5.82 Å². The molecule has 1 heterocycles. The highest BCUT2D eigenvalue weighted by atomic mass is 16.4. The van der Waals surface area contributed by atoms with Crippen molar-refractivity contribution in [3.63, 3.8) is 0 Å². The Bertz CT molecular complexity index is 640. The Morgan fingerprint density at radius 2 is 2.11 bits per heavy atom. The first-order valence-electron chi connectivity index (χ1n) is 6.28. The van der Waals surface area contributed by atoms with Crippen LogP contribution >= 0.6 is 0 Å². The Hall–Kier alpha value is -2.23. The topological polar surface area (TPSA) is 63.1 Å². The molecule has 4 nitrogen and oxygen atoms in total. The maximum Gasteiger partial charge on any atom is 0.307 e. The number of hydrogen-bond acceptors (Lipinski definition) is 3. The Morgan fingerprint density at radius 1 is 1.32 bits per heavy atom. The number of aromatic nitrogens is 2. The summed E-state index contributed by atoms with van der Waals surface area (Å²) in [6.45, 7) is 2.04. The zero-order chi connectivity index (χ0) is 13.4. The molecule has 2 atom stereocenters. The summed E-state index contributed by atoms with van der Waals surface area (Å²) < 4.78 is 0. The lowest BCUT2D eigenvalue weighted by molar-refractivity contribution is -0.138. The highest BCUT2D eigenvalue weighted by molar-refractivity contribution is 5.75. The van der Waals surface area contributed by atoms with Crippen LogP contribution in [-0.2, 0) is 4.79 Å². The van der Waals surface area contributed by atoms with Gasteiger partial charge in [0.05, 0.1) is 11.6 Å². The molecule has 1 aromatic carbocycles. The van der Waals surface area contributed by atoms with Crippen molar-refractivity contribution in [3.8, 4) is 11.3 Å². The molecule has 1 saturated carbocycles. The monoisotopic (exact) mass is 254 g/mol. The first kappa shape index (κ1) is 11.8. The molecule has 1 aromatic heterocycles. The van der Waals surface area contributed by atoms with Gasteiger partial charge in [0.15, 0.2) is 0 Å². The van der Waals surface area contributed by atoms with E-state index in [2.05, 4.69) is 9.97 Å². The molecule has 2 unspecified atom stereocenters. The molecule has 19 heavy (non-hydrogen) atoms. The minimum Gasteiger partial charge on any atom is -0.481 e. The van der Waals surface area contributed by atoms with Gasteiger partial charge in [-0.15, -0.1) is 0 Å². The van der Waals surface area contributed by atoms with Crippen LogP contribution in [0.5, 0.6) is 0 Å². The number of aryl methyl sites for hydroxylation is 1. The summed E-state index contributed by atoms with van der Waals surface area (Å²) in [4.78, 5) is 19.6. The fourth-order valence-electron chi connectivity index (χ4n) is 2.32. The maximum absolute atomic E-state index is 10.9. The zero-order valence-corrected chi connectivity index (χ0v) is 10.6. The van der Waals surface area contributed by atoms with Crippen LogP contribution in [0.4, 0.5) is 0 Å². The van der Waals surface area contributed by atoms with E-state index in [-0.39, 0.29) is 11.8 Å². The molecule has 1 N–H and O–H groups in total. The van der Waals surface area contributed by atoms with E-state index in [1.54, 1.807) is 6.20 Å². The van der Waals surface area contributed by atoms with Crippen molar-refractivity contribution in [2.24, 2.45) is 5.92 Å². The van der Waals surface area contributed by atoms with Gasteiger partial charge in [0.25, 0.3) is 0 Å². The predicted molar refractivity (Wildman–Crippen MR) is 70.7 cm³/mol. The van der Waals surface area contributed by atoms with E-state index >= 15 is 0 Å². The van der Waals surface area contributed by atoms with Crippen molar-refractivity contribution in [3.05, 3.63) is 47.9 Å². The highest BCUT2D eigenvalue weighted by Gasteiger charge is 2.46. The summed E-state index contributed by atoms with van der Waals surface area (Å²) in [7, 11) is 0. The molecule has 4 heteroatoms. The van der Waals surface area contributed by atoms with Crippen LogP contribution in [0.1, 0.15) is 23.7 Å². The molecule has 0 radical (unpaired) electrons. The van der Waals surface area contributed by atoms with E-state index in [0.717, 1.165) is 16.8 Å². The van der Waals surface area contributed by atoms with Gasteiger partial charge in [-0.05, 0) is 25.0 Å². The minimum absolute atomic E-state index is 0.0264. The van der Waals surface area contributed by atoms with Gasteiger partial charge in [-0.2, -0.15) is 0 Å². The zero-order valence-electron chi connectivity index (χ0n) is 10.6. The SMILES string of the molecule is Cc1ccccc1-c1ccnc(C2CC2C(=O)O)n1. The van der Waals surface area contributed by atoms with Crippen LogP contribution in [-0.4, -0.2) is 21.0 Å². The molecule has 0 saturated heterocycles. The predicted octanol–water partition coefficient (Wildman–Crippen LogP) is 2.64. The van der Waals surface area contributed by atoms with Crippen LogP contribution in [0.3, 0.4) is 0 Å². The second kappa shape index (κ2) is 4.46. The fraction of sp³-hybridized carbons (Fsp3) is 0.267. The fourth-order valence-corrected chi connectivity index (χ4v) is 2.32. The Balaban J connectivity index is 1.93. The van der Waals surface area contributed by atoms with Gasteiger partial charge >= 0.3 is 5.97 Å². The summed E-state index contributed by atoms with van der Waals surface area (Å²) in [6.07, 6.45) is 2.36. The quantitative estimate of drug-likeness (QED) is 0.914. The lowest BCUT2D eigenvalue weighted by Crippen LogP contribution is -2.02. The number of benzene rings is 1.